The van der Waals surface area contributed by atoms with Crippen LogP contribution in [0, 0.1) is 11.8 Å². The highest BCUT2D eigenvalue weighted by molar-refractivity contribution is 7.77. The molecule has 1 heterocycles. The lowest BCUT2D eigenvalue weighted by atomic mass is 9.88. The number of rotatable bonds is 5. The predicted molar refractivity (Wildman–Crippen MR) is 55.6 cm³/mol. The average molecular weight is 217 g/mol. The second-order valence-electron chi connectivity index (χ2n) is 3.71. The molecule has 3 nitrogen and oxygen atoms in total. The molecule has 1 fully saturated rings. The Hall–Kier alpha value is -0.190. The molecule has 0 N–H and O–H groups in total. The summed E-state index contributed by atoms with van der Waals surface area (Å²) >= 11 is 4.59. The third-order valence-corrected chi connectivity index (χ3v) is 2.94. The third kappa shape index (κ3) is 3.19. The van der Waals surface area contributed by atoms with Gasteiger partial charge in [0, 0.05) is 11.0 Å². The highest BCUT2D eigenvalue weighted by atomic mass is 32.1. The van der Waals surface area contributed by atoms with Crippen LogP contribution in [-0.2, 0) is 26.9 Å². The zero-order chi connectivity index (χ0) is 10.6. The topological polar surface area (TPSA) is 35.5 Å². The molecule has 0 aromatic carbocycles. The molecule has 14 heavy (non-hydrogen) atoms. The van der Waals surface area contributed by atoms with Crippen LogP contribution in [0.5, 0.6) is 0 Å². The molecule has 0 bridgehead atoms. The van der Waals surface area contributed by atoms with E-state index in [-0.39, 0.29) is 23.2 Å². The second-order valence-corrected chi connectivity index (χ2v) is 4.17. The van der Waals surface area contributed by atoms with E-state index in [1.54, 1.807) is 0 Å². The number of hydrogen-bond acceptors (Lipinski definition) is 4. The summed E-state index contributed by atoms with van der Waals surface area (Å²) in [4.78, 5) is 10.9. The molecule has 0 aromatic rings. The molecule has 0 aromatic heterocycles. The second kappa shape index (κ2) is 5.63. The SMILES string of the molecule is CCC(CC(=O)[S-])C(C)C1OCCO1. The summed E-state index contributed by atoms with van der Waals surface area (Å²) < 4.78 is 10.8. The van der Waals surface area contributed by atoms with Crippen molar-refractivity contribution in [1.82, 2.24) is 0 Å². The van der Waals surface area contributed by atoms with E-state index >= 15 is 0 Å². The van der Waals surface area contributed by atoms with Crippen molar-refractivity contribution in [2.45, 2.75) is 33.0 Å². The fourth-order valence-corrected chi connectivity index (χ4v) is 2.03. The molecule has 1 saturated heterocycles. The van der Waals surface area contributed by atoms with Crippen LogP contribution in [0.1, 0.15) is 26.7 Å². The molecular formula is C10H17O3S-. The molecule has 2 atom stereocenters. The summed E-state index contributed by atoms with van der Waals surface area (Å²) in [6, 6.07) is 0. The van der Waals surface area contributed by atoms with E-state index in [1.807, 2.05) is 0 Å². The van der Waals surface area contributed by atoms with Crippen LogP contribution in [0.2, 0.25) is 0 Å². The molecule has 0 amide bonds. The van der Waals surface area contributed by atoms with E-state index in [4.69, 9.17) is 9.47 Å². The zero-order valence-corrected chi connectivity index (χ0v) is 9.51. The lowest BCUT2D eigenvalue weighted by molar-refractivity contribution is -0.116. The largest absolute Gasteiger partial charge is 0.742 e. The minimum absolute atomic E-state index is 0.144. The van der Waals surface area contributed by atoms with Gasteiger partial charge in [-0.2, -0.15) is 0 Å². The van der Waals surface area contributed by atoms with Crippen molar-refractivity contribution >= 4 is 17.7 Å². The molecule has 0 saturated carbocycles. The Morgan fingerprint density at radius 3 is 2.50 bits per heavy atom. The van der Waals surface area contributed by atoms with Crippen LogP contribution < -0.4 is 0 Å². The summed E-state index contributed by atoms with van der Waals surface area (Å²) in [5.41, 5.74) is 0. The maximum atomic E-state index is 10.9. The van der Waals surface area contributed by atoms with E-state index in [0.29, 0.717) is 19.6 Å². The van der Waals surface area contributed by atoms with Crippen LogP contribution in [-0.4, -0.2) is 24.6 Å². The Labute approximate surface area is 90.6 Å². The van der Waals surface area contributed by atoms with Crippen molar-refractivity contribution in [2.75, 3.05) is 13.2 Å². The van der Waals surface area contributed by atoms with Gasteiger partial charge in [0.1, 0.15) is 0 Å². The summed E-state index contributed by atoms with van der Waals surface area (Å²) in [5, 5.41) is -0.165. The van der Waals surface area contributed by atoms with Gasteiger partial charge in [0.2, 0.25) is 0 Å². The monoisotopic (exact) mass is 217 g/mol. The Morgan fingerprint density at radius 2 is 2.07 bits per heavy atom. The number of carbonyl (C=O) groups is 1. The molecule has 1 aliphatic rings. The molecule has 1 rings (SSSR count). The average Bonchev–Trinajstić information content (AvgIpc) is 2.65. The molecular weight excluding hydrogens is 200 g/mol. The van der Waals surface area contributed by atoms with Crippen LogP contribution in [0.3, 0.4) is 0 Å². The number of ether oxygens (including phenoxy) is 2. The van der Waals surface area contributed by atoms with Crippen LogP contribution in [0.4, 0.5) is 0 Å². The van der Waals surface area contributed by atoms with Gasteiger partial charge in [0.05, 0.1) is 13.2 Å². The van der Waals surface area contributed by atoms with E-state index < -0.39 is 0 Å². The van der Waals surface area contributed by atoms with Gasteiger partial charge >= 0.3 is 0 Å². The van der Waals surface area contributed by atoms with Gasteiger partial charge in [0.25, 0.3) is 0 Å². The maximum Gasteiger partial charge on any atom is 0.160 e. The Balaban J connectivity index is 2.45. The minimum Gasteiger partial charge on any atom is -0.742 e. The fraction of sp³-hybridized carbons (Fsp3) is 0.900. The molecule has 2 unspecified atom stereocenters. The molecule has 1 aliphatic heterocycles. The quantitative estimate of drug-likeness (QED) is 0.654. The van der Waals surface area contributed by atoms with E-state index in [2.05, 4.69) is 26.5 Å². The first kappa shape index (κ1) is 11.9. The Bertz CT molecular complexity index is 190. The first-order valence-corrected chi connectivity index (χ1v) is 5.49. The van der Waals surface area contributed by atoms with Crippen molar-refractivity contribution in [2.24, 2.45) is 11.8 Å². The van der Waals surface area contributed by atoms with E-state index in [0.717, 1.165) is 6.42 Å². The Morgan fingerprint density at radius 1 is 1.50 bits per heavy atom. The fourth-order valence-electron chi connectivity index (χ4n) is 1.82. The molecule has 0 aliphatic carbocycles. The van der Waals surface area contributed by atoms with Crippen molar-refractivity contribution in [3.8, 4) is 0 Å². The van der Waals surface area contributed by atoms with Crippen molar-refractivity contribution in [1.29, 1.82) is 0 Å². The lowest BCUT2D eigenvalue weighted by Crippen LogP contribution is -2.27. The van der Waals surface area contributed by atoms with Gasteiger partial charge in [-0.15, -0.1) is 0 Å². The van der Waals surface area contributed by atoms with Gasteiger partial charge in [-0.1, -0.05) is 20.3 Å². The lowest BCUT2D eigenvalue weighted by Gasteiger charge is -2.27. The van der Waals surface area contributed by atoms with Crippen LogP contribution >= 0.6 is 0 Å². The van der Waals surface area contributed by atoms with Gasteiger partial charge in [-0.3, -0.25) is 0 Å². The van der Waals surface area contributed by atoms with Crippen LogP contribution in [0.15, 0.2) is 0 Å². The summed E-state index contributed by atoms with van der Waals surface area (Å²) in [7, 11) is 0. The van der Waals surface area contributed by atoms with E-state index in [9.17, 15) is 4.79 Å². The van der Waals surface area contributed by atoms with Crippen molar-refractivity contribution in [3.05, 3.63) is 0 Å². The van der Waals surface area contributed by atoms with Crippen molar-refractivity contribution in [3.63, 3.8) is 0 Å². The highest BCUT2D eigenvalue weighted by Gasteiger charge is 2.28. The maximum absolute atomic E-state index is 10.9. The van der Waals surface area contributed by atoms with Gasteiger partial charge in [-0.05, 0) is 12.3 Å². The molecule has 82 valence electrons. The Kier molecular flexibility index (Phi) is 4.78. The molecule has 0 radical (unpaired) electrons. The summed E-state index contributed by atoms with van der Waals surface area (Å²) in [6.45, 7) is 5.44. The van der Waals surface area contributed by atoms with Gasteiger partial charge in [-0.25, -0.2) is 0 Å². The molecule has 0 spiro atoms. The highest BCUT2D eigenvalue weighted by Crippen LogP contribution is 2.27. The predicted octanol–water partition coefficient (Wildman–Crippen LogP) is 1.49. The van der Waals surface area contributed by atoms with Crippen molar-refractivity contribution < 1.29 is 14.3 Å². The van der Waals surface area contributed by atoms with Crippen LogP contribution in [0.25, 0.3) is 0 Å². The third-order valence-electron chi connectivity index (χ3n) is 2.77. The summed E-state index contributed by atoms with van der Waals surface area (Å²) in [5.74, 6) is 0.525. The normalized spacial score (nSPS) is 22.1. The zero-order valence-electron chi connectivity index (χ0n) is 8.69. The number of hydrogen-bond donors (Lipinski definition) is 0. The smallest absolute Gasteiger partial charge is 0.160 e. The summed E-state index contributed by atoms with van der Waals surface area (Å²) in [6.07, 6.45) is 1.25. The van der Waals surface area contributed by atoms with E-state index in [1.165, 1.54) is 0 Å². The first-order valence-electron chi connectivity index (χ1n) is 5.08. The standard InChI is InChI=1S/C10H18O3S/c1-3-8(6-9(11)14)7(2)10-12-4-5-13-10/h7-8,10H,3-6H2,1-2H3,(H,11,14)/p-1. The first-order chi connectivity index (χ1) is 6.65. The molecule has 4 heteroatoms. The van der Waals surface area contributed by atoms with Gasteiger partial charge < -0.3 is 26.9 Å². The number of carbonyl (C=O) groups excluding carboxylic acids is 1. The van der Waals surface area contributed by atoms with Gasteiger partial charge in [0.15, 0.2) is 6.29 Å². The minimum atomic E-state index is -0.165.